The molecule has 3 nitrogen and oxygen atoms in total. The number of aromatic nitrogens is 1. The molecule has 1 aliphatic heterocycles. The Hall–Kier alpha value is -1.71. The summed E-state index contributed by atoms with van der Waals surface area (Å²) >= 11 is 0. The molecule has 5 rings (SSSR count). The van der Waals surface area contributed by atoms with Crippen LogP contribution in [0.5, 0.6) is 0 Å². The maximum atomic E-state index is 4.27. The summed E-state index contributed by atoms with van der Waals surface area (Å²) in [6.45, 7) is 4.61. The minimum atomic E-state index is 0.527. The zero-order chi connectivity index (χ0) is 16.0. The summed E-state index contributed by atoms with van der Waals surface area (Å²) in [6, 6.07) is 13.9. The molecule has 124 valence electrons. The highest BCUT2D eigenvalue weighted by Gasteiger charge is 2.46. The molecule has 3 aliphatic rings. The van der Waals surface area contributed by atoms with Crippen molar-refractivity contribution in [1.29, 1.82) is 0 Å². The van der Waals surface area contributed by atoms with Gasteiger partial charge in [0.15, 0.2) is 0 Å². The van der Waals surface area contributed by atoms with Gasteiger partial charge in [-0.25, -0.2) is 0 Å². The lowest BCUT2D eigenvalue weighted by molar-refractivity contribution is 0.219. The normalized spacial score (nSPS) is 27.0. The lowest BCUT2D eigenvalue weighted by Crippen LogP contribution is -2.34. The monoisotopic (exact) mass is 319 g/mol. The Labute approximate surface area is 144 Å². The summed E-state index contributed by atoms with van der Waals surface area (Å²) < 4.78 is 0. The van der Waals surface area contributed by atoms with E-state index < -0.39 is 0 Å². The van der Waals surface area contributed by atoms with Crippen LogP contribution in [0.25, 0.3) is 0 Å². The topological polar surface area (TPSA) is 28.2 Å². The number of nitrogens with one attached hydrogen (secondary N) is 1. The van der Waals surface area contributed by atoms with E-state index in [2.05, 4.69) is 51.6 Å². The Morgan fingerprint density at radius 3 is 2.71 bits per heavy atom. The molecule has 0 amide bonds. The zero-order valence-corrected chi connectivity index (χ0v) is 14.1. The first kappa shape index (κ1) is 14.6. The van der Waals surface area contributed by atoms with E-state index in [-0.39, 0.29) is 0 Å². The fourth-order valence-electron chi connectivity index (χ4n) is 4.28. The smallest absolute Gasteiger partial charge is 0.0316 e. The molecule has 2 aromatic rings. The minimum Gasteiger partial charge on any atom is -0.313 e. The molecule has 3 heteroatoms. The summed E-state index contributed by atoms with van der Waals surface area (Å²) in [6.07, 6.45) is 8.04. The van der Waals surface area contributed by atoms with Crippen molar-refractivity contribution in [3.05, 3.63) is 65.5 Å². The molecule has 2 heterocycles. The van der Waals surface area contributed by atoms with Gasteiger partial charge in [-0.1, -0.05) is 30.3 Å². The molecule has 2 fully saturated rings. The molecule has 0 spiro atoms. The Morgan fingerprint density at radius 2 is 1.92 bits per heavy atom. The van der Waals surface area contributed by atoms with Crippen LogP contribution in [-0.4, -0.2) is 29.0 Å². The van der Waals surface area contributed by atoms with Crippen LogP contribution < -0.4 is 5.32 Å². The van der Waals surface area contributed by atoms with E-state index in [0.717, 1.165) is 19.0 Å². The van der Waals surface area contributed by atoms with Crippen molar-refractivity contribution in [2.45, 2.75) is 44.3 Å². The van der Waals surface area contributed by atoms with Crippen LogP contribution in [0.15, 0.2) is 48.8 Å². The highest BCUT2D eigenvalue weighted by atomic mass is 15.2. The van der Waals surface area contributed by atoms with Gasteiger partial charge in [-0.3, -0.25) is 9.88 Å². The van der Waals surface area contributed by atoms with E-state index in [0.29, 0.717) is 11.5 Å². The average Bonchev–Trinajstić information content (AvgIpc) is 3.51. The lowest BCUT2D eigenvalue weighted by atomic mass is 10.1. The molecule has 2 aliphatic carbocycles. The Bertz CT molecular complexity index is 698. The largest absolute Gasteiger partial charge is 0.313 e. The number of benzene rings is 1. The maximum absolute atomic E-state index is 4.27. The summed E-state index contributed by atoms with van der Waals surface area (Å²) in [5.41, 5.74) is 4.93. The zero-order valence-electron chi connectivity index (χ0n) is 14.1. The second kappa shape index (κ2) is 5.68. The first-order chi connectivity index (χ1) is 11.8. The van der Waals surface area contributed by atoms with E-state index >= 15 is 0 Å². The van der Waals surface area contributed by atoms with Crippen molar-refractivity contribution in [2.24, 2.45) is 5.41 Å². The van der Waals surface area contributed by atoms with Gasteiger partial charge in [-0.15, -0.1) is 0 Å². The van der Waals surface area contributed by atoms with Crippen LogP contribution in [0.4, 0.5) is 0 Å². The summed E-state index contributed by atoms with van der Waals surface area (Å²) in [5, 5.41) is 3.86. The van der Waals surface area contributed by atoms with Crippen molar-refractivity contribution in [1.82, 2.24) is 15.2 Å². The molecule has 2 saturated carbocycles. The first-order valence-corrected chi connectivity index (χ1v) is 9.24. The maximum Gasteiger partial charge on any atom is 0.0316 e. The van der Waals surface area contributed by atoms with Crippen molar-refractivity contribution in [3.63, 3.8) is 0 Å². The van der Waals surface area contributed by atoms with Crippen molar-refractivity contribution in [2.75, 3.05) is 13.1 Å². The number of fused-ring (bicyclic) bond motifs is 1. The molecular weight excluding hydrogens is 294 g/mol. The third-order valence-corrected chi connectivity index (χ3v) is 6.07. The predicted molar refractivity (Wildman–Crippen MR) is 95.6 cm³/mol. The van der Waals surface area contributed by atoms with E-state index in [1.54, 1.807) is 0 Å². The fraction of sp³-hybridized carbons (Fsp3) is 0.476. The van der Waals surface area contributed by atoms with Gasteiger partial charge < -0.3 is 5.32 Å². The van der Waals surface area contributed by atoms with Gasteiger partial charge in [0.25, 0.3) is 0 Å². The molecule has 1 aromatic heterocycles. The Balaban J connectivity index is 1.14. The molecule has 1 N–H and O–H groups in total. The van der Waals surface area contributed by atoms with E-state index in [9.17, 15) is 0 Å². The molecule has 1 aromatic carbocycles. The van der Waals surface area contributed by atoms with Gasteiger partial charge in [0, 0.05) is 50.5 Å². The summed E-state index contributed by atoms with van der Waals surface area (Å²) in [5.74, 6) is 0.740. The lowest BCUT2D eigenvalue weighted by Gasteiger charge is -2.23. The van der Waals surface area contributed by atoms with Crippen LogP contribution in [0.1, 0.15) is 41.9 Å². The van der Waals surface area contributed by atoms with Crippen molar-refractivity contribution >= 4 is 0 Å². The second-order valence-corrected chi connectivity index (χ2v) is 8.03. The standard InChI is InChI=1S/C21H25N3/c1-2-4-16(5-3-1)19-10-20(19)23-14-21(7-8-21)15-24-12-17-6-9-22-11-18(17)13-24/h1-6,9,11,19-20,23H,7-8,10,12-15H2/t19?,20-/m0/s1. The van der Waals surface area contributed by atoms with Gasteiger partial charge in [0.2, 0.25) is 0 Å². The minimum absolute atomic E-state index is 0.527. The Kier molecular flexibility index (Phi) is 3.46. The highest BCUT2D eigenvalue weighted by molar-refractivity contribution is 5.28. The molecule has 24 heavy (non-hydrogen) atoms. The second-order valence-electron chi connectivity index (χ2n) is 8.03. The van der Waals surface area contributed by atoms with Crippen LogP contribution in [-0.2, 0) is 13.1 Å². The molecular formula is C21H25N3. The molecule has 0 bridgehead atoms. The molecule has 0 radical (unpaired) electrons. The van der Waals surface area contributed by atoms with Gasteiger partial charge in [-0.05, 0) is 47.4 Å². The van der Waals surface area contributed by atoms with E-state index in [1.165, 1.54) is 49.0 Å². The number of hydrogen-bond donors (Lipinski definition) is 1. The van der Waals surface area contributed by atoms with Crippen LogP contribution >= 0.6 is 0 Å². The van der Waals surface area contributed by atoms with E-state index in [4.69, 9.17) is 0 Å². The number of hydrogen-bond acceptors (Lipinski definition) is 3. The summed E-state index contributed by atoms with van der Waals surface area (Å²) in [7, 11) is 0. The molecule has 0 saturated heterocycles. The van der Waals surface area contributed by atoms with Crippen molar-refractivity contribution in [3.8, 4) is 0 Å². The molecule has 1 unspecified atom stereocenters. The van der Waals surface area contributed by atoms with E-state index in [1.807, 2.05) is 12.4 Å². The third-order valence-electron chi connectivity index (χ3n) is 6.07. The highest BCUT2D eigenvalue weighted by Crippen LogP contribution is 2.48. The van der Waals surface area contributed by atoms with Gasteiger partial charge in [-0.2, -0.15) is 0 Å². The number of nitrogens with zero attached hydrogens (tertiary/aromatic N) is 2. The third kappa shape index (κ3) is 2.87. The molecule has 2 atom stereocenters. The van der Waals surface area contributed by atoms with Gasteiger partial charge in [0.1, 0.15) is 0 Å². The number of rotatable bonds is 6. The average molecular weight is 319 g/mol. The van der Waals surface area contributed by atoms with Crippen LogP contribution in [0, 0.1) is 5.41 Å². The van der Waals surface area contributed by atoms with Crippen LogP contribution in [0.3, 0.4) is 0 Å². The van der Waals surface area contributed by atoms with Crippen molar-refractivity contribution < 1.29 is 0 Å². The Morgan fingerprint density at radius 1 is 1.08 bits per heavy atom. The van der Waals surface area contributed by atoms with Gasteiger partial charge >= 0.3 is 0 Å². The quantitative estimate of drug-likeness (QED) is 0.885. The summed E-state index contributed by atoms with van der Waals surface area (Å²) in [4.78, 5) is 6.88. The number of pyridine rings is 1. The van der Waals surface area contributed by atoms with Crippen LogP contribution in [0.2, 0.25) is 0 Å². The first-order valence-electron chi connectivity index (χ1n) is 9.24. The fourth-order valence-corrected chi connectivity index (χ4v) is 4.28. The SMILES string of the molecule is c1ccc(C2C[C@@H]2NCC2(CN3Cc4ccncc4C3)CC2)cc1. The van der Waals surface area contributed by atoms with Gasteiger partial charge in [0.05, 0.1) is 0 Å². The predicted octanol–water partition coefficient (Wildman–Crippen LogP) is 3.32.